The van der Waals surface area contributed by atoms with E-state index < -0.39 is 10.0 Å². The first-order valence-electron chi connectivity index (χ1n) is 5.22. The summed E-state index contributed by atoms with van der Waals surface area (Å²) in [6, 6.07) is 5.47. The Hall–Kier alpha value is -1.35. The fraction of sp³-hybridized carbons (Fsp3) is 0.0909. The third-order valence-electron chi connectivity index (χ3n) is 2.25. The molecule has 0 atom stereocenters. The molecule has 0 aliphatic heterocycles. The van der Waals surface area contributed by atoms with Gasteiger partial charge in [-0.1, -0.05) is 12.1 Å². The van der Waals surface area contributed by atoms with Crippen molar-refractivity contribution in [2.75, 3.05) is 11.8 Å². The van der Waals surface area contributed by atoms with Crippen molar-refractivity contribution < 1.29 is 42.7 Å². The molecule has 1 aromatic carbocycles. The van der Waals surface area contributed by atoms with Gasteiger partial charge in [-0.25, -0.2) is 23.1 Å². The van der Waals surface area contributed by atoms with Crippen LogP contribution < -0.4 is 39.0 Å². The minimum atomic E-state index is -3.75. The molecule has 0 fully saturated rings. The Balaban J connectivity index is 0.00000200. The van der Waals surface area contributed by atoms with Gasteiger partial charge in [0.1, 0.15) is 0 Å². The summed E-state index contributed by atoms with van der Waals surface area (Å²) in [5, 5.41) is 0. The number of sulfonamides is 1. The summed E-state index contributed by atoms with van der Waals surface area (Å²) < 4.78 is 31.1. The average Bonchev–Trinajstić information content (AvgIpc) is 2.40. The number of aromatic nitrogens is 2. The van der Waals surface area contributed by atoms with E-state index in [9.17, 15) is 8.42 Å². The fourth-order valence-electron chi connectivity index (χ4n) is 1.29. The van der Waals surface area contributed by atoms with E-state index in [1.807, 2.05) is 0 Å². The molecule has 2 N–H and O–H groups in total. The van der Waals surface area contributed by atoms with Crippen LogP contribution in [0.5, 0.6) is 5.75 Å². The molecule has 0 bridgehead atoms. The number of nitrogens with zero attached hydrogens (tertiary/aromatic N) is 2. The van der Waals surface area contributed by atoms with Crippen LogP contribution >= 0.6 is 0 Å². The van der Waals surface area contributed by atoms with Gasteiger partial charge in [0.2, 0.25) is 5.95 Å². The quantitative estimate of drug-likeness (QED) is 0.727. The summed E-state index contributed by atoms with van der Waals surface area (Å²) in [5.41, 5.74) is 7.54. The van der Waals surface area contributed by atoms with Crippen molar-refractivity contribution in [3.05, 3.63) is 42.4 Å². The maximum absolute atomic E-state index is 12.0. The summed E-state index contributed by atoms with van der Waals surface area (Å²) in [6.45, 7) is 0. The number of rotatable bonds is 4. The van der Waals surface area contributed by atoms with Crippen LogP contribution in [0.2, 0.25) is 0 Å². The molecule has 9 heteroatoms. The largest absolute Gasteiger partial charge is 1.00 e. The van der Waals surface area contributed by atoms with Gasteiger partial charge in [0.15, 0.2) is 5.75 Å². The van der Waals surface area contributed by atoms with Crippen molar-refractivity contribution in [3.8, 4) is 5.75 Å². The van der Waals surface area contributed by atoms with Crippen molar-refractivity contribution in [3.63, 3.8) is 0 Å². The van der Waals surface area contributed by atoms with E-state index in [-0.39, 0.29) is 46.1 Å². The third kappa shape index (κ3) is 4.07. The first kappa shape index (κ1) is 16.7. The molecule has 0 amide bonds. The van der Waals surface area contributed by atoms with Gasteiger partial charge < -0.3 is 10.5 Å². The van der Waals surface area contributed by atoms with E-state index in [4.69, 9.17) is 10.5 Å². The molecule has 2 aromatic rings. The molecule has 0 aliphatic carbocycles. The number of ether oxygens (including phenoxy) is 1. The summed E-state index contributed by atoms with van der Waals surface area (Å²) in [6.07, 6.45) is 2.72. The van der Waals surface area contributed by atoms with E-state index in [0.717, 1.165) is 0 Å². The summed E-state index contributed by atoms with van der Waals surface area (Å²) in [7, 11) is -2.29. The predicted molar refractivity (Wildman–Crippen MR) is 69.8 cm³/mol. The van der Waals surface area contributed by atoms with E-state index >= 15 is 0 Å². The second-order valence-corrected chi connectivity index (χ2v) is 5.26. The molecule has 0 saturated heterocycles. The molecular weight excluding hydrogens is 291 g/mol. The van der Waals surface area contributed by atoms with Crippen LogP contribution in [0, 0.1) is 0 Å². The number of anilines is 1. The van der Waals surface area contributed by atoms with Gasteiger partial charge in [0, 0.05) is 0 Å². The summed E-state index contributed by atoms with van der Waals surface area (Å²) in [4.78, 5) is 7.67. The molecule has 100 valence electrons. The van der Waals surface area contributed by atoms with Crippen LogP contribution in [0.15, 0.2) is 41.6 Å². The van der Waals surface area contributed by atoms with Gasteiger partial charge in [-0.3, -0.25) is 0 Å². The van der Waals surface area contributed by atoms with Gasteiger partial charge in [-0.05, 0) is 12.1 Å². The second kappa shape index (κ2) is 6.89. The Labute approximate surface area is 138 Å². The van der Waals surface area contributed by atoms with Crippen molar-refractivity contribution in [1.29, 1.82) is 0 Å². The fourth-order valence-corrected chi connectivity index (χ4v) is 2.25. The Morgan fingerprint density at radius 1 is 1.15 bits per heavy atom. The molecule has 1 heterocycles. The molecule has 0 aliphatic rings. The predicted octanol–water partition coefficient (Wildman–Crippen LogP) is -1.03. The molecule has 7 nitrogen and oxygen atoms in total. The van der Waals surface area contributed by atoms with Gasteiger partial charge in [-0.15, -0.1) is 5.69 Å². The van der Waals surface area contributed by atoms with Gasteiger partial charge in [0.25, 0.3) is 10.0 Å². The molecule has 20 heavy (non-hydrogen) atoms. The van der Waals surface area contributed by atoms with E-state index in [1.54, 1.807) is 0 Å². The Bertz CT molecular complexity index is 659. The van der Waals surface area contributed by atoms with Gasteiger partial charge >= 0.3 is 29.6 Å². The smallest absolute Gasteiger partial charge is 0.699 e. The van der Waals surface area contributed by atoms with Crippen LogP contribution in [-0.4, -0.2) is 25.5 Å². The maximum Gasteiger partial charge on any atom is 1.00 e. The van der Waals surface area contributed by atoms with E-state index in [0.29, 0.717) is 5.75 Å². The number of hydrogen-bond acceptors (Lipinski definition) is 5. The van der Waals surface area contributed by atoms with Crippen LogP contribution in [0.1, 0.15) is 0 Å². The molecule has 0 spiro atoms. The van der Waals surface area contributed by atoms with Crippen molar-refractivity contribution in [2.45, 2.75) is 4.90 Å². The Morgan fingerprint density at radius 2 is 1.70 bits per heavy atom. The van der Waals surface area contributed by atoms with E-state index in [2.05, 4.69) is 14.7 Å². The van der Waals surface area contributed by atoms with Crippen LogP contribution in [-0.2, 0) is 10.0 Å². The van der Waals surface area contributed by atoms with Gasteiger partial charge in [0.05, 0.1) is 24.4 Å². The second-order valence-electron chi connectivity index (χ2n) is 3.58. The van der Waals surface area contributed by atoms with Crippen LogP contribution in [0.4, 0.5) is 11.6 Å². The molecule has 0 unspecified atom stereocenters. The number of methoxy groups -OCH3 is 1. The van der Waals surface area contributed by atoms with Crippen molar-refractivity contribution in [1.82, 2.24) is 9.97 Å². The minimum Gasteiger partial charge on any atom is -0.699 e. The normalized spacial score (nSPS) is 10.4. The van der Waals surface area contributed by atoms with Crippen molar-refractivity contribution >= 4 is 21.7 Å². The first-order chi connectivity index (χ1) is 9.01. The standard InChI is InChI=1S/C11H11N4O3S.Na/c1-18-9-6-13-11(14-7-9)15-19(16,17)10-4-2-8(12)3-5-10;/h2-7,12H,1H3,(H,13,14,15);/q-1;+1. The average molecular weight is 302 g/mol. The van der Waals surface area contributed by atoms with E-state index in [1.165, 1.54) is 43.8 Å². The van der Waals surface area contributed by atoms with Gasteiger partial charge in [-0.2, -0.15) is 0 Å². The van der Waals surface area contributed by atoms with Crippen LogP contribution in [0.3, 0.4) is 0 Å². The molecular formula is C11H11N4NaO3S. The zero-order valence-corrected chi connectivity index (χ0v) is 13.8. The zero-order chi connectivity index (χ0) is 13.9. The SMILES string of the molecule is COc1cnc(NS(=O)(=O)c2ccc([NH-])cc2)nc1.[Na+]. The Morgan fingerprint density at radius 3 is 2.20 bits per heavy atom. The third-order valence-corrected chi connectivity index (χ3v) is 3.60. The maximum atomic E-state index is 12.0. The topological polar surface area (TPSA) is 105 Å². The number of nitrogens with one attached hydrogen (secondary N) is 2. The Kier molecular flexibility index (Phi) is 5.75. The zero-order valence-electron chi connectivity index (χ0n) is 11.0. The van der Waals surface area contributed by atoms with Crippen molar-refractivity contribution in [2.24, 2.45) is 0 Å². The minimum absolute atomic E-state index is 0. The molecule has 2 rings (SSSR count). The molecule has 0 saturated carbocycles. The monoisotopic (exact) mass is 302 g/mol. The number of benzene rings is 1. The first-order valence-corrected chi connectivity index (χ1v) is 6.70. The molecule has 1 aromatic heterocycles. The summed E-state index contributed by atoms with van der Waals surface area (Å²) >= 11 is 0. The van der Waals surface area contributed by atoms with Crippen LogP contribution in [0.25, 0.3) is 5.73 Å². The number of hydrogen-bond donors (Lipinski definition) is 1. The molecule has 0 radical (unpaired) electrons. The summed E-state index contributed by atoms with van der Waals surface area (Å²) in [5.74, 6) is 0.386.